The van der Waals surface area contributed by atoms with Crippen LogP contribution < -0.4 is 10.2 Å². The lowest BCUT2D eigenvalue weighted by molar-refractivity contribution is 0.208. The molecule has 21 heavy (non-hydrogen) atoms. The molecule has 3 heterocycles. The van der Waals surface area contributed by atoms with E-state index in [1.165, 1.54) is 11.3 Å². The van der Waals surface area contributed by atoms with Gasteiger partial charge in [-0.3, -0.25) is 5.32 Å². The van der Waals surface area contributed by atoms with Crippen molar-refractivity contribution < 1.29 is 4.79 Å². The summed E-state index contributed by atoms with van der Waals surface area (Å²) < 4.78 is 0. The Kier molecular flexibility index (Phi) is 4.21. The second-order valence-electron chi connectivity index (χ2n) is 4.55. The highest BCUT2D eigenvalue weighted by molar-refractivity contribution is 7.13. The molecular weight excluding hydrogens is 310 g/mol. The van der Waals surface area contributed by atoms with Gasteiger partial charge in [0.15, 0.2) is 5.13 Å². The molecule has 6 nitrogen and oxygen atoms in total. The molecule has 1 aliphatic rings. The van der Waals surface area contributed by atoms with Crippen LogP contribution >= 0.6 is 22.9 Å². The third-order valence-electron chi connectivity index (χ3n) is 3.25. The molecule has 2 aromatic rings. The van der Waals surface area contributed by atoms with Crippen LogP contribution in [0, 0.1) is 0 Å². The Labute approximate surface area is 131 Å². The van der Waals surface area contributed by atoms with Gasteiger partial charge in [0.1, 0.15) is 5.82 Å². The van der Waals surface area contributed by atoms with Crippen LogP contribution in [-0.4, -0.2) is 47.1 Å². The molecule has 1 saturated heterocycles. The Morgan fingerprint density at radius 3 is 2.71 bits per heavy atom. The number of amides is 2. The first-order valence-electron chi connectivity index (χ1n) is 6.55. The number of halogens is 1. The van der Waals surface area contributed by atoms with Crippen molar-refractivity contribution in [3.8, 4) is 0 Å². The number of carbonyl (C=O) groups is 1. The minimum atomic E-state index is -0.114. The van der Waals surface area contributed by atoms with Gasteiger partial charge in [0, 0.05) is 44.0 Å². The zero-order valence-electron chi connectivity index (χ0n) is 11.2. The topological polar surface area (TPSA) is 61.4 Å². The predicted octanol–water partition coefficient (Wildman–Crippen LogP) is 2.55. The summed E-state index contributed by atoms with van der Waals surface area (Å²) in [5.74, 6) is 0.777. The fourth-order valence-corrected chi connectivity index (χ4v) is 2.95. The minimum absolute atomic E-state index is 0.114. The molecule has 0 spiro atoms. The second-order valence-corrected chi connectivity index (χ2v) is 5.85. The second kappa shape index (κ2) is 6.28. The molecule has 0 atom stereocenters. The number of carbonyl (C=O) groups excluding carboxylic acids is 1. The van der Waals surface area contributed by atoms with Gasteiger partial charge >= 0.3 is 6.03 Å². The molecule has 1 N–H and O–H groups in total. The van der Waals surface area contributed by atoms with Gasteiger partial charge in [0.05, 0.1) is 5.02 Å². The molecule has 0 saturated carbocycles. The summed E-state index contributed by atoms with van der Waals surface area (Å²) in [4.78, 5) is 24.3. The molecule has 1 aliphatic heterocycles. The van der Waals surface area contributed by atoms with Crippen LogP contribution in [0.4, 0.5) is 15.7 Å². The minimum Gasteiger partial charge on any atom is -0.352 e. The highest BCUT2D eigenvalue weighted by Gasteiger charge is 2.23. The Bertz CT molecular complexity index is 613. The van der Waals surface area contributed by atoms with Crippen molar-refractivity contribution in [2.24, 2.45) is 0 Å². The van der Waals surface area contributed by atoms with E-state index in [1.54, 1.807) is 17.3 Å². The number of aromatic nitrogens is 2. The first-order valence-corrected chi connectivity index (χ1v) is 7.80. The van der Waals surface area contributed by atoms with Crippen molar-refractivity contribution in [1.29, 1.82) is 0 Å². The SMILES string of the molecule is O=C(Nc1nccs1)N1CCN(c2ncccc2Cl)CC1. The van der Waals surface area contributed by atoms with Crippen LogP contribution in [0.5, 0.6) is 0 Å². The molecular formula is C13H14ClN5OS. The van der Waals surface area contributed by atoms with Crippen LogP contribution in [0.15, 0.2) is 29.9 Å². The fraction of sp³-hybridized carbons (Fsp3) is 0.308. The lowest BCUT2D eigenvalue weighted by Crippen LogP contribution is -2.50. The predicted molar refractivity (Wildman–Crippen MR) is 84.2 cm³/mol. The molecule has 0 radical (unpaired) electrons. The number of urea groups is 1. The lowest BCUT2D eigenvalue weighted by Gasteiger charge is -2.35. The first kappa shape index (κ1) is 14.1. The Morgan fingerprint density at radius 1 is 1.24 bits per heavy atom. The summed E-state index contributed by atoms with van der Waals surface area (Å²) >= 11 is 7.55. The van der Waals surface area contributed by atoms with Gasteiger partial charge < -0.3 is 9.80 Å². The van der Waals surface area contributed by atoms with Gasteiger partial charge in [-0.1, -0.05) is 11.6 Å². The van der Waals surface area contributed by atoms with Gasteiger partial charge in [-0.25, -0.2) is 14.8 Å². The summed E-state index contributed by atoms with van der Waals surface area (Å²) in [6, 6.07) is 3.52. The number of hydrogen-bond acceptors (Lipinski definition) is 5. The Morgan fingerprint density at radius 2 is 2.05 bits per heavy atom. The summed E-state index contributed by atoms with van der Waals surface area (Å²) in [5, 5.41) is 5.88. The van der Waals surface area contributed by atoms with Crippen molar-refractivity contribution >= 4 is 39.9 Å². The summed E-state index contributed by atoms with van der Waals surface area (Å²) in [7, 11) is 0. The average molecular weight is 324 g/mol. The molecule has 0 aliphatic carbocycles. The van der Waals surface area contributed by atoms with E-state index < -0.39 is 0 Å². The maximum Gasteiger partial charge on any atom is 0.323 e. The highest BCUT2D eigenvalue weighted by Crippen LogP contribution is 2.23. The maximum atomic E-state index is 12.1. The molecule has 0 aromatic carbocycles. The normalized spacial score (nSPS) is 15.1. The largest absolute Gasteiger partial charge is 0.352 e. The Hall–Kier alpha value is -1.86. The van der Waals surface area contributed by atoms with Gasteiger partial charge in [-0.05, 0) is 12.1 Å². The van der Waals surface area contributed by atoms with E-state index in [4.69, 9.17) is 11.6 Å². The molecule has 1 fully saturated rings. The number of nitrogens with zero attached hydrogens (tertiary/aromatic N) is 4. The van der Waals surface area contributed by atoms with Crippen LogP contribution in [0.2, 0.25) is 5.02 Å². The highest BCUT2D eigenvalue weighted by atomic mass is 35.5. The van der Waals surface area contributed by atoms with Crippen LogP contribution in [0.1, 0.15) is 0 Å². The average Bonchev–Trinajstić information content (AvgIpc) is 3.01. The number of rotatable bonds is 2. The van der Waals surface area contributed by atoms with Crippen molar-refractivity contribution in [3.63, 3.8) is 0 Å². The molecule has 8 heteroatoms. The molecule has 3 rings (SSSR count). The Balaban J connectivity index is 1.58. The number of thiazole rings is 1. The number of hydrogen-bond donors (Lipinski definition) is 1. The van der Waals surface area contributed by atoms with Crippen LogP contribution in [0.3, 0.4) is 0 Å². The third kappa shape index (κ3) is 3.25. The number of piperazine rings is 1. The smallest absolute Gasteiger partial charge is 0.323 e. The van der Waals surface area contributed by atoms with Crippen molar-refractivity contribution in [3.05, 3.63) is 34.9 Å². The maximum absolute atomic E-state index is 12.1. The van der Waals surface area contributed by atoms with Crippen molar-refractivity contribution in [2.75, 3.05) is 36.4 Å². The van der Waals surface area contributed by atoms with Gasteiger partial charge in [0.25, 0.3) is 0 Å². The van der Waals surface area contributed by atoms with E-state index in [0.29, 0.717) is 36.3 Å². The first-order chi connectivity index (χ1) is 10.2. The van der Waals surface area contributed by atoms with Crippen LogP contribution in [0.25, 0.3) is 0 Å². The molecule has 110 valence electrons. The van der Waals surface area contributed by atoms with Crippen LogP contribution in [-0.2, 0) is 0 Å². The van der Waals surface area contributed by atoms with Gasteiger partial charge in [-0.15, -0.1) is 11.3 Å². The monoisotopic (exact) mass is 323 g/mol. The third-order valence-corrected chi connectivity index (χ3v) is 4.24. The standard InChI is InChI=1S/C13H14ClN5OS/c14-10-2-1-3-15-11(10)18-5-7-19(8-6-18)13(20)17-12-16-4-9-21-12/h1-4,9H,5-8H2,(H,16,17,20). The lowest BCUT2D eigenvalue weighted by atomic mass is 10.3. The zero-order valence-corrected chi connectivity index (χ0v) is 12.8. The number of nitrogens with one attached hydrogen (secondary N) is 1. The molecule has 2 amide bonds. The molecule has 0 unspecified atom stereocenters. The van der Waals surface area contributed by atoms with E-state index in [0.717, 1.165) is 5.82 Å². The van der Waals surface area contributed by atoms with E-state index >= 15 is 0 Å². The quantitative estimate of drug-likeness (QED) is 0.922. The van der Waals surface area contributed by atoms with E-state index in [-0.39, 0.29) is 6.03 Å². The molecule has 2 aromatic heterocycles. The van der Waals surface area contributed by atoms with Gasteiger partial charge in [0.2, 0.25) is 0 Å². The molecule has 0 bridgehead atoms. The number of anilines is 2. The van der Waals surface area contributed by atoms with Crippen molar-refractivity contribution in [1.82, 2.24) is 14.9 Å². The summed E-state index contributed by atoms with van der Waals surface area (Å²) in [6.07, 6.45) is 3.39. The van der Waals surface area contributed by atoms with E-state index in [9.17, 15) is 4.79 Å². The van der Waals surface area contributed by atoms with Gasteiger partial charge in [-0.2, -0.15) is 0 Å². The zero-order chi connectivity index (χ0) is 14.7. The summed E-state index contributed by atoms with van der Waals surface area (Å²) in [5.41, 5.74) is 0. The number of pyridine rings is 1. The van der Waals surface area contributed by atoms with E-state index in [1.807, 2.05) is 17.5 Å². The fourth-order valence-electron chi connectivity index (χ4n) is 2.19. The summed E-state index contributed by atoms with van der Waals surface area (Å²) in [6.45, 7) is 2.68. The van der Waals surface area contributed by atoms with E-state index in [2.05, 4.69) is 20.2 Å². The van der Waals surface area contributed by atoms with Crippen molar-refractivity contribution in [2.45, 2.75) is 0 Å².